The molecule has 0 radical (unpaired) electrons. The minimum Gasteiger partial charge on any atom is -0.493 e. The third kappa shape index (κ3) is 8.21. The highest BCUT2D eigenvalue weighted by atomic mass is 32.2. The van der Waals surface area contributed by atoms with Gasteiger partial charge in [-0.1, -0.05) is 0 Å². The average molecular weight is 594 g/mol. The normalized spacial score (nSPS) is 12.1. The molecule has 0 aliphatic heterocycles. The van der Waals surface area contributed by atoms with Crippen LogP contribution in [0.15, 0.2) is 53.7 Å². The number of rotatable bonds is 10. The predicted octanol–water partition coefficient (Wildman–Crippen LogP) is 5.27. The van der Waals surface area contributed by atoms with Crippen LogP contribution in [0.2, 0.25) is 0 Å². The van der Waals surface area contributed by atoms with E-state index in [4.69, 9.17) is 9.47 Å². The lowest BCUT2D eigenvalue weighted by atomic mass is 10.1. The highest BCUT2D eigenvalue weighted by Crippen LogP contribution is 2.35. The molecule has 216 valence electrons. The van der Waals surface area contributed by atoms with E-state index in [1.807, 2.05) is 0 Å². The number of benzene rings is 2. The molecule has 0 saturated heterocycles. The standard InChI is InChI=1S/C24H21F6N3O6S/c1-37-18-10-5-14(12-19(18)38-2)17-13-20(23(25,26)27)33-22(32-17)40(35,36)11-3-4-21(34)31-15-6-8-16(9-7-15)39-24(28,29)30/h5-10,12-13H,3-4,11H2,1-2H3,(H,31,34). The van der Waals surface area contributed by atoms with Crippen LogP contribution in [-0.2, 0) is 20.8 Å². The first kappa shape index (κ1) is 30.5. The summed E-state index contributed by atoms with van der Waals surface area (Å²) in [6.07, 6.45) is -10.6. The first-order valence-corrected chi connectivity index (χ1v) is 12.8. The summed E-state index contributed by atoms with van der Waals surface area (Å²) in [5.41, 5.74) is -1.60. The van der Waals surface area contributed by atoms with Crippen LogP contribution in [0, 0.1) is 0 Å². The monoisotopic (exact) mass is 593 g/mol. The van der Waals surface area contributed by atoms with E-state index in [0.29, 0.717) is 6.07 Å². The second kappa shape index (κ2) is 12.0. The molecule has 0 unspecified atom stereocenters. The van der Waals surface area contributed by atoms with Gasteiger partial charge >= 0.3 is 12.5 Å². The molecule has 0 spiro atoms. The van der Waals surface area contributed by atoms with Crippen LogP contribution in [0.3, 0.4) is 0 Å². The number of alkyl halides is 6. The summed E-state index contributed by atoms with van der Waals surface area (Å²) in [7, 11) is -1.80. The van der Waals surface area contributed by atoms with Crippen LogP contribution in [0.4, 0.5) is 32.0 Å². The third-order valence-electron chi connectivity index (χ3n) is 5.14. The van der Waals surface area contributed by atoms with E-state index in [9.17, 15) is 39.6 Å². The van der Waals surface area contributed by atoms with E-state index in [2.05, 4.69) is 20.0 Å². The summed E-state index contributed by atoms with van der Waals surface area (Å²) in [6.45, 7) is 0. The molecule has 0 aliphatic rings. The van der Waals surface area contributed by atoms with E-state index in [1.165, 1.54) is 32.4 Å². The summed E-state index contributed by atoms with van der Waals surface area (Å²) in [6, 6.07) is 8.91. The molecule has 1 amide bonds. The maximum atomic E-state index is 13.5. The summed E-state index contributed by atoms with van der Waals surface area (Å²) in [5, 5.41) is 1.29. The highest BCUT2D eigenvalue weighted by Gasteiger charge is 2.35. The third-order valence-corrected chi connectivity index (χ3v) is 6.71. The molecule has 0 atom stereocenters. The second-order valence-electron chi connectivity index (χ2n) is 8.03. The lowest BCUT2D eigenvalue weighted by Crippen LogP contribution is -2.18. The van der Waals surface area contributed by atoms with Crippen molar-refractivity contribution in [3.63, 3.8) is 0 Å². The molecule has 9 nitrogen and oxygen atoms in total. The van der Waals surface area contributed by atoms with Gasteiger partial charge in [-0.15, -0.1) is 13.2 Å². The number of amides is 1. The number of sulfone groups is 1. The molecule has 0 saturated carbocycles. The Labute approximate surface area is 224 Å². The number of carbonyl (C=O) groups excluding carboxylic acids is 1. The molecule has 16 heteroatoms. The topological polar surface area (TPSA) is 117 Å². The van der Waals surface area contributed by atoms with E-state index < -0.39 is 50.6 Å². The van der Waals surface area contributed by atoms with Crippen molar-refractivity contribution in [1.82, 2.24) is 9.97 Å². The number of methoxy groups -OCH3 is 2. The number of aromatic nitrogens is 2. The molecular formula is C24H21F6N3O6S. The Kier molecular flexibility index (Phi) is 9.12. The van der Waals surface area contributed by atoms with Crippen molar-refractivity contribution in [3.8, 4) is 28.5 Å². The minimum atomic E-state index is -4.99. The number of ether oxygens (including phenoxy) is 3. The molecule has 3 rings (SSSR count). The molecule has 1 aromatic heterocycles. The molecule has 0 bridgehead atoms. The van der Waals surface area contributed by atoms with Crippen LogP contribution >= 0.6 is 0 Å². The number of nitrogens with zero attached hydrogens (tertiary/aromatic N) is 2. The Hall–Kier alpha value is -4.08. The largest absolute Gasteiger partial charge is 0.573 e. The van der Waals surface area contributed by atoms with Crippen molar-refractivity contribution in [2.24, 2.45) is 0 Å². The fourth-order valence-corrected chi connectivity index (χ4v) is 4.51. The van der Waals surface area contributed by atoms with Gasteiger partial charge in [0.05, 0.1) is 25.7 Å². The zero-order chi connectivity index (χ0) is 29.7. The van der Waals surface area contributed by atoms with Gasteiger partial charge in [0.25, 0.3) is 0 Å². The SMILES string of the molecule is COc1ccc(-c2cc(C(F)(F)F)nc(S(=O)(=O)CCCC(=O)Nc3ccc(OC(F)(F)F)cc3)n2)cc1OC. The number of anilines is 1. The maximum Gasteiger partial charge on any atom is 0.573 e. The van der Waals surface area contributed by atoms with Crippen LogP contribution in [0.1, 0.15) is 18.5 Å². The summed E-state index contributed by atoms with van der Waals surface area (Å²) >= 11 is 0. The molecular weight excluding hydrogens is 572 g/mol. The van der Waals surface area contributed by atoms with Gasteiger partial charge in [0.15, 0.2) is 11.5 Å². The van der Waals surface area contributed by atoms with Crippen molar-refractivity contribution >= 4 is 21.4 Å². The van der Waals surface area contributed by atoms with Crippen LogP contribution in [0.5, 0.6) is 17.2 Å². The Morgan fingerprint density at radius 3 is 2.12 bits per heavy atom. The van der Waals surface area contributed by atoms with E-state index in [0.717, 1.165) is 24.3 Å². The molecule has 2 aromatic carbocycles. The van der Waals surface area contributed by atoms with Crippen LogP contribution in [0.25, 0.3) is 11.3 Å². The number of nitrogens with one attached hydrogen (secondary N) is 1. The average Bonchev–Trinajstić information content (AvgIpc) is 2.87. The van der Waals surface area contributed by atoms with Crippen LogP contribution in [-0.4, -0.2) is 50.6 Å². The molecule has 1 heterocycles. The molecule has 0 fully saturated rings. The van der Waals surface area contributed by atoms with Gasteiger partial charge in [-0.05, 0) is 55.0 Å². The molecule has 1 N–H and O–H groups in total. The zero-order valence-electron chi connectivity index (χ0n) is 20.8. The van der Waals surface area contributed by atoms with E-state index >= 15 is 0 Å². The quantitative estimate of drug-likeness (QED) is 0.250. The Morgan fingerprint density at radius 1 is 0.900 bits per heavy atom. The van der Waals surface area contributed by atoms with E-state index in [-0.39, 0.29) is 41.3 Å². The number of hydrogen-bond acceptors (Lipinski definition) is 8. The Balaban J connectivity index is 1.74. The zero-order valence-corrected chi connectivity index (χ0v) is 21.6. The van der Waals surface area contributed by atoms with Crippen molar-refractivity contribution in [2.45, 2.75) is 30.5 Å². The summed E-state index contributed by atoms with van der Waals surface area (Å²) < 4.78 is 117. The van der Waals surface area contributed by atoms with Gasteiger partial charge in [0.2, 0.25) is 20.9 Å². The van der Waals surface area contributed by atoms with Crippen molar-refractivity contribution in [1.29, 1.82) is 0 Å². The van der Waals surface area contributed by atoms with Gasteiger partial charge in [0, 0.05) is 17.7 Å². The van der Waals surface area contributed by atoms with Crippen molar-refractivity contribution in [2.75, 3.05) is 25.3 Å². The number of halogens is 6. The second-order valence-corrected chi connectivity index (χ2v) is 10.0. The predicted molar refractivity (Wildman–Crippen MR) is 129 cm³/mol. The molecule has 3 aromatic rings. The van der Waals surface area contributed by atoms with Gasteiger partial charge in [-0.2, -0.15) is 13.2 Å². The number of carbonyl (C=O) groups is 1. The lowest BCUT2D eigenvalue weighted by molar-refractivity contribution is -0.274. The van der Waals surface area contributed by atoms with Gasteiger partial charge in [0.1, 0.15) is 11.4 Å². The first-order valence-electron chi connectivity index (χ1n) is 11.2. The van der Waals surface area contributed by atoms with E-state index in [1.54, 1.807) is 0 Å². The molecule has 40 heavy (non-hydrogen) atoms. The maximum absolute atomic E-state index is 13.5. The molecule has 0 aliphatic carbocycles. The van der Waals surface area contributed by atoms with Crippen LogP contribution < -0.4 is 19.5 Å². The van der Waals surface area contributed by atoms with Gasteiger partial charge in [-0.3, -0.25) is 4.79 Å². The van der Waals surface area contributed by atoms with Gasteiger partial charge < -0.3 is 19.5 Å². The minimum absolute atomic E-state index is 0.105. The Morgan fingerprint density at radius 2 is 1.55 bits per heavy atom. The smallest absolute Gasteiger partial charge is 0.493 e. The Bertz CT molecular complexity index is 1460. The summed E-state index contributed by atoms with van der Waals surface area (Å²) in [4.78, 5) is 19.2. The first-order chi connectivity index (χ1) is 18.6. The fraction of sp³-hybridized carbons (Fsp3) is 0.292. The van der Waals surface area contributed by atoms with Crippen molar-refractivity contribution in [3.05, 3.63) is 54.2 Å². The highest BCUT2D eigenvalue weighted by molar-refractivity contribution is 7.91. The fourth-order valence-electron chi connectivity index (χ4n) is 3.33. The lowest BCUT2D eigenvalue weighted by Gasteiger charge is -2.13. The summed E-state index contributed by atoms with van der Waals surface area (Å²) in [5.74, 6) is -1.50. The number of hydrogen-bond donors (Lipinski definition) is 1. The van der Waals surface area contributed by atoms with Gasteiger partial charge in [-0.25, -0.2) is 18.4 Å². The van der Waals surface area contributed by atoms with Crippen molar-refractivity contribution < 1.29 is 53.8 Å².